The van der Waals surface area contributed by atoms with Gasteiger partial charge in [-0.3, -0.25) is 0 Å². The molecule has 1 aromatic carbocycles. The van der Waals surface area contributed by atoms with E-state index < -0.39 is 0 Å². The van der Waals surface area contributed by atoms with Crippen molar-refractivity contribution in [1.29, 1.82) is 0 Å². The molecule has 1 aromatic rings. The second-order valence-electron chi connectivity index (χ2n) is 4.32. The molecule has 2 unspecified atom stereocenters. The molecule has 1 aliphatic rings. The number of ether oxygens (including phenoxy) is 2. The van der Waals surface area contributed by atoms with Crippen molar-refractivity contribution in [2.45, 2.75) is 31.4 Å². The smallest absolute Gasteiger partial charge is 0.133 e. The van der Waals surface area contributed by atoms with Crippen molar-refractivity contribution >= 4 is 15.9 Å². The zero-order chi connectivity index (χ0) is 12.3. The second kappa shape index (κ2) is 5.85. The van der Waals surface area contributed by atoms with Crippen LogP contribution in [0.15, 0.2) is 22.7 Å². The molecular formula is C13H18BrNO2. The number of rotatable bonds is 3. The predicted octanol–water partition coefficient (Wildman–Crippen LogP) is 3.03. The summed E-state index contributed by atoms with van der Waals surface area (Å²) in [6.45, 7) is 0.829. The van der Waals surface area contributed by atoms with Gasteiger partial charge in [0.25, 0.3) is 0 Å². The monoisotopic (exact) mass is 299 g/mol. The van der Waals surface area contributed by atoms with E-state index in [4.69, 9.17) is 15.2 Å². The molecule has 94 valence electrons. The average molecular weight is 300 g/mol. The van der Waals surface area contributed by atoms with Crippen LogP contribution in [0.5, 0.6) is 5.75 Å². The lowest BCUT2D eigenvalue weighted by molar-refractivity contribution is -0.00000473. The summed E-state index contributed by atoms with van der Waals surface area (Å²) in [5.41, 5.74) is 7.33. The summed E-state index contributed by atoms with van der Waals surface area (Å²) in [5.74, 6) is 0.825. The number of benzene rings is 1. The summed E-state index contributed by atoms with van der Waals surface area (Å²) in [5, 5.41) is 0. The van der Waals surface area contributed by atoms with Gasteiger partial charge < -0.3 is 15.2 Å². The van der Waals surface area contributed by atoms with Crippen LogP contribution in [0.2, 0.25) is 0 Å². The van der Waals surface area contributed by atoms with Crippen LogP contribution in [-0.4, -0.2) is 19.8 Å². The van der Waals surface area contributed by atoms with Crippen LogP contribution in [0.1, 0.15) is 30.9 Å². The van der Waals surface area contributed by atoms with E-state index in [1.807, 2.05) is 18.2 Å². The Balaban J connectivity index is 2.12. The van der Waals surface area contributed by atoms with Gasteiger partial charge in [-0.05, 0) is 52.9 Å². The van der Waals surface area contributed by atoms with Gasteiger partial charge in [-0.2, -0.15) is 0 Å². The van der Waals surface area contributed by atoms with Crippen molar-refractivity contribution in [3.05, 3.63) is 28.2 Å². The van der Waals surface area contributed by atoms with Gasteiger partial charge in [0, 0.05) is 6.61 Å². The maximum Gasteiger partial charge on any atom is 0.133 e. The van der Waals surface area contributed by atoms with Gasteiger partial charge in [-0.15, -0.1) is 0 Å². The fourth-order valence-corrected chi connectivity index (χ4v) is 2.71. The minimum Gasteiger partial charge on any atom is -0.496 e. The molecule has 0 saturated carbocycles. The Bertz CT molecular complexity index is 378. The van der Waals surface area contributed by atoms with Crippen LogP contribution >= 0.6 is 15.9 Å². The molecular weight excluding hydrogens is 282 g/mol. The third-order valence-electron chi connectivity index (χ3n) is 3.18. The molecule has 1 heterocycles. The summed E-state index contributed by atoms with van der Waals surface area (Å²) in [6, 6.07) is 5.90. The van der Waals surface area contributed by atoms with E-state index >= 15 is 0 Å². The molecule has 2 atom stereocenters. The maximum atomic E-state index is 6.24. The highest BCUT2D eigenvalue weighted by molar-refractivity contribution is 9.10. The first-order chi connectivity index (χ1) is 8.22. The highest BCUT2D eigenvalue weighted by Crippen LogP contribution is 2.30. The lowest BCUT2D eigenvalue weighted by Crippen LogP contribution is -2.31. The molecule has 0 radical (unpaired) electrons. The van der Waals surface area contributed by atoms with Crippen LogP contribution < -0.4 is 10.5 Å². The maximum absolute atomic E-state index is 6.24. The molecule has 3 nitrogen and oxygen atoms in total. The molecule has 1 fully saturated rings. The third kappa shape index (κ3) is 3.00. The Morgan fingerprint density at radius 2 is 2.29 bits per heavy atom. The lowest BCUT2D eigenvalue weighted by Gasteiger charge is -2.28. The van der Waals surface area contributed by atoms with Crippen molar-refractivity contribution in [2.24, 2.45) is 5.73 Å². The first-order valence-electron chi connectivity index (χ1n) is 5.93. The van der Waals surface area contributed by atoms with Gasteiger partial charge in [0.05, 0.1) is 23.7 Å². The van der Waals surface area contributed by atoms with E-state index in [1.54, 1.807) is 7.11 Å². The Hall–Kier alpha value is -0.580. The zero-order valence-electron chi connectivity index (χ0n) is 9.99. The Morgan fingerprint density at radius 1 is 1.47 bits per heavy atom. The summed E-state index contributed by atoms with van der Waals surface area (Å²) >= 11 is 3.48. The van der Waals surface area contributed by atoms with Crippen molar-refractivity contribution < 1.29 is 9.47 Å². The normalized spacial score (nSPS) is 22.2. The highest BCUT2D eigenvalue weighted by Gasteiger charge is 2.23. The van der Waals surface area contributed by atoms with Crippen molar-refractivity contribution in [3.63, 3.8) is 0 Å². The molecule has 0 aromatic heterocycles. The van der Waals surface area contributed by atoms with Gasteiger partial charge >= 0.3 is 0 Å². The number of methoxy groups -OCH3 is 1. The van der Waals surface area contributed by atoms with Crippen molar-refractivity contribution in [2.75, 3.05) is 13.7 Å². The summed E-state index contributed by atoms with van der Waals surface area (Å²) in [7, 11) is 1.66. The lowest BCUT2D eigenvalue weighted by atomic mass is 9.96. The van der Waals surface area contributed by atoms with E-state index in [9.17, 15) is 0 Å². The second-order valence-corrected chi connectivity index (χ2v) is 5.18. The van der Waals surface area contributed by atoms with E-state index in [-0.39, 0.29) is 12.1 Å². The topological polar surface area (TPSA) is 44.5 Å². The van der Waals surface area contributed by atoms with Gasteiger partial charge in [0.1, 0.15) is 5.75 Å². The van der Waals surface area contributed by atoms with Gasteiger partial charge in [-0.1, -0.05) is 6.07 Å². The van der Waals surface area contributed by atoms with Crippen LogP contribution in [0.25, 0.3) is 0 Å². The third-order valence-corrected chi connectivity index (χ3v) is 3.80. The van der Waals surface area contributed by atoms with Gasteiger partial charge in [0.15, 0.2) is 0 Å². The minimum absolute atomic E-state index is 0.0579. The minimum atomic E-state index is -0.0579. The van der Waals surface area contributed by atoms with Crippen LogP contribution in [0.4, 0.5) is 0 Å². The Morgan fingerprint density at radius 3 is 2.88 bits per heavy atom. The molecule has 2 rings (SSSR count). The fraction of sp³-hybridized carbons (Fsp3) is 0.538. The quantitative estimate of drug-likeness (QED) is 0.933. The first kappa shape index (κ1) is 12.9. The average Bonchev–Trinajstić information content (AvgIpc) is 2.39. The molecule has 0 aliphatic carbocycles. The summed E-state index contributed by atoms with van der Waals surface area (Å²) in [4.78, 5) is 0. The Kier molecular flexibility index (Phi) is 4.42. The van der Waals surface area contributed by atoms with E-state index in [2.05, 4.69) is 15.9 Å². The van der Waals surface area contributed by atoms with Gasteiger partial charge in [-0.25, -0.2) is 0 Å². The summed E-state index contributed by atoms with van der Waals surface area (Å²) in [6.07, 6.45) is 3.54. The number of hydrogen-bond acceptors (Lipinski definition) is 3. The standard InChI is InChI=1S/C13H18BrNO2/c1-16-11-6-5-9(8-10(11)14)13(15)12-4-2-3-7-17-12/h5-6,8,12-13H,2-4,7,15H2,1H3. The largest absolute Gasteiger partial charge is 0.496 e. The highest BCUT2D eigenvalue weighted by atomic mass is 79.9. The molecule has 17 heavy (non-hydrogen) atoms. The van der Waals surface area contributed by atoms with E-state index in [0.717, 1.165) is 35.2 Å². The SMILES string of the molecule is COc1ccc(C(N)C2CCCCO2)cc1Br. The van der Waals surface area contributed by atoms with Gasteiger partial charge in [0.2, 0.25) is 0 Å². The van der Waals surface area contributed by atoms with Crippen LogP contribution in [0.3, 0.4) is 0 Å². The number of nitrogens with two attached hydrogens (primary N) is 1. The van der Waals surface area contributed by atoms with E-state index in [1.165, 1.54) is 6.42 Å². The summed E-state index contributed by atoms with van der Waals surface area (Å²) < 4.78 is 11.9. The number of halogens is 1. The molecule has 1 saturated heterocycles. The molecule has 0 amide bonds. The van der Waals surface area contributed by atoms with Crippen LogP contribution in [0, 0.1) is 0 Å². The van der Waals surface area contributed by atoms with E-state index in [0.29, 0.717) is 0 Å². The molecule has 1 aliphatic heterocycles. The Labute approximate surface area is 110 Å². The molecule has 2 N–H and O–H groups in total. The molecule has 0 bridgehead atoms. The fourth-order valence-electron chi connectivity index (χ4n) is 2.15. The molecule has 0 spiro atoms. The zero-order valence-corrected chi connectivity index (χ0v) is 11.6. The van der Waals surface area contributed by atoms with Crippen molar-refractivity contribution in [1.82, 2.24) is 0 Å². The molecule has 4 heteroatoms. The predicted molar refractivity (Wildman–Crippen MR) is 71.2 cm³/mol. The van der Waals surface area contributed by atoms with Crippen molar-refractivity contribution in [3.8, 4) is 5.75 Å². The van der Waals surface area contributed by atoms with Crippen LogP contribution in [-0.2, 0) is 4.74 Å². The number of hydrogen-bond donors (Lipinski definition) is 1. The first-order valence-corrected chi connectivity index (χ1v) is 6.72.